The summed E-state index contributed by atoms with van der Waals surface area (Å²) in [5.74, 6) is 0.539. The van der Waals surface area contributed by atoms with Crippen molar-refractivity contribution in [3.63, 3.8) is 0 Å². The molecule has 4 nitrogen and oxygen atoms in total. The molecule has 2 bridgehead atoms. The SMILES string of the molecule is O=C(O)N(C1CCCc2cc(Br)ccc21)[C@@H]1CN2CCC1CC2. The van der Waals surface area contributed by atoms with Crippen LogP contribution in [-0.2, 0) is 6.42 Å². The standard InChI is InChI=1S/C18H23BrN2O2/c19-14-4-5-15-13(10-14)2-1-3-16(15)21(18(22)23)17-11-20-8-6-12(17)7-9-20/h4-5,10,12,16-17H,1-3,6-9,11H2,(H,22,23)/t16?,17-/m1/s1. The van der Waals surface area contributed by atoms with Crippen LogP contribution in [-0.4, -0.2) is 46.7 Å². The van der Waals surface area contributed by atoms with Gasteiger partial charge in [-0.25, -0.2) is 4.79 Å². The lowest BCUT2D eigenvalue weighted by molar-refractivity contribution is -0.00969. The lowest BCUT2D eigenvalue weighted by Gasteiger charge is -2.50. The Bertz CT molecular complexity index is 613. The third-order valence-corrected chi connectivity index (χ3v) is 6.42. The maximum Gasteiger partial charge on any atom is 0.408 e. The van der Waals surface area contributed by atoms with Crippen molar-refractivity contribution in [2.24, 2.45) is 5.92 Å². The molecule has 1 aliphatic carbocycles. The number of nitrogens with zero attached hydrogens (tertiary/aromatic N) is 2. The molecular formula is C18H23BrN2O2. The lowest BCUT2D eigenvalue weighted by atomic mass is 9.80. The average Bonchev–Trinajstić information content (AvgIpc) is 2.56. The van der Waals surface area contributed by atoms with Crippen molar-refractivity contribution in [1.82, 2.24) is 9.80 Å². The summed E-state index contributed by atoms with van der Waals surface area (Å²) >= 11 is 3.54. The summed E-state index contributed by atoms with van der Waals surface area (Å²) in [5, 5.41) is 9.98. The third-order valence-electron chi connectivity index (χ3n) is 5.92. The van der Waals surface area contributed by atoms with E-state index >= 15 is 0 Å². The number of carbonyl (C=O) groups is 1. The van der Waals surface area contributed by atoms with Gasteiger partial charge in [0.15, 0.2) is 0 Å². The van der Waals surface area contributed by atoms with Gasteiger partial charge in [0.2, 0.25) is 0 Å². The molecule has 0 radical (unpaired) electrons. The number of fused-ring (bicyclic) bond motifs is 4. The van der Waals surface area contributed by atoms with Crippen LogP contribution in [0.3, 0.4) is 0 Å². The summed E-state index contributed by atoms with van der Waals surface area (Å²) < 4.78 is 1.08. The molecule has 3 heterocycles. The van der Waals surface area contributed by atoms with Crippen LogP contribution in [0.15, 0.2) is 22.7 Å². The maximum absolute atomic E-state index is 12.1. The molecule has 3 saturated heterocycles. The Kier molecular flexibility index (Phi) is 4.10. The number of aryl methyl sites for hydroxylation is 1. The van der Waals surface area contributed by atoms with Crippen LogP contribution >= 0.6 is 15.9 Å². The Balaban J connectivity index is 1.68. The molecule has 1 aromatic rings. The van der Waals surface area contributed by atoms with Crippen molar-refractivity contribution in [2.75, 3.05) is 19.6 Å². The highest BCUT2D eigenvalue weighted by molar-refractivity contribution is 9.10. The number of rotatable bonds is 2. The summed E-state index contributed by atoms with van der Waals surface area (Å²) in [6.45, 7) is 3.20. The van der Waals surface area contributed by atoms with Gasteiger partial charge in [0, 0.05) is 11.0 Å². The minimum absolute atomic E-state index is 0.0231. The molecule has 5 heteroatoms. The molecule has 124 valence electrons. The van der Waals surface area contributed by atoms with E-state index in [1.165, 1.54) is 11.1 Å². The van der Waals surface area contributed by atoms with E-state index in [2.05, 4.69) is 33.0 Å². The molecule has 3 aliphatic heterocycles. The van der Waals surface area contributed by atoms with Gasteiger partial charge < -0.3 is 10.0 Å². The quantitative estimate of drug-likeness (QED) is 0.848. The van der Waals surface area contributed by atoms with E-state index in [1.807, 2.05) is 11.0 Å². The predicted molar refractivity (Wildman–Crippen MR) is 92.6 cm³/mol. The largest absolute Gasteiger partial charge is 0.465 e. The Morgan fingerprint density at radius 3 is 2.70 bits per heavy atom. The number of carboxylic acid groups (broad SMARTS) is 1. The molecule has 1 amide bonds. The first-order chi connectivity index (χ1) is 11.1. The zero-order valence-electron chi connectivity index (χ0n) is 13.2. The van der Waals surface area contributed by atoms with E-state index in [9.17, 15) is 9.90 Å². The van der Waals surface area contributed by atoms with Crippen molar-refractivity contribution >= 4 is 22.0 Å². The third kappa shape index (κ3) is 2.78. The van der Waals surface area contributed by atoms with Crippen LogP contribution in [0.1, 0.15) is 42.9 Å². The van der Waals surface area contributed by atoms with E-state index < -0.39 is 6.09 Å². The summed E-state index contributed by atoms with van der Waals surface area (Å²) in [6.07, 6.45) is 4.62. The molecule has 2 atom stereocenters. The number of benzene rings is 1. The normalized spacial score (nSPS) is 32.4. The molecule has 1 unspecified atom stereocenters. The van der Waals surface area contributed by atoms with Gasteiger partial charge in [0.1, 0.15) is 0 Å². The predicted octanol–water partition coefficient (Wildman–Crippen LogP) is 3.90. The Morgan fingerprint density at radius 1 is 1.26 bits per heavy atom. The molecule has 0 saturated carbocycles. The van der Waals surface area contributed by atoms with Gasteiger partial charge in [-0.15, -0.1) is 0 Å². The highest BCUT2D eigenvalue weighted by Gasteiger charge is 2.43. The summed E-state index contributed by atoms with van der Waals surface area (Å²) in [7, 11) is 0. The molecule has 23 heavy (non-hydrogen) atoms. The fraction of sp³-hybridized carbons (Fsp3) is 0.611. The second-order valence-electron chi connectivity index (χ2n) is 7.15. The zero-order valence-corrected chi connectivity index (χ0v) is 14.8. The minimum atomic E-state index is -0.746. The molecule has 0 aromatic heterocycles. The van der Waals surface area contributed by atoms with E-state index in [4.69, 9.17) is 0 Å². The van der Waals surface area contributed by atoms with Crippen molar-refractivity contribution in [3.05, 3.63) is 33.8 Å². The highest BCUT2D eigenvalue weighted by Crippen LogP contribution is 2.41. The van der Waals surface area contributed by atoms with E-state index in [0.717, 1.165) is 56.2 Å². The molecule has 0 spiro atoms. The van der Waals surface area contributed by atoms with Crippen LogP contribution in [0.2, 0.25) is 0 Å². The second kappa shape index (κ2) is 6.10. The molecule has 1 N–H and O–H groups in total. The molecular weight excluding hydrogens is 356 g/mol. The van der Waals surface area contributed by atoms with Crippen molar-refractivity contribution in [2.45, 2.75) is 44.2 Å². The zero-order chi connectivity index (χ0) is 16.0. The van der Waals surface area contributed by atoms with Gasteiger partial charge >= 0.3 is 6.09 Å². The fourth-order valence-corrected chi connectivity index (χ4v) is 5.21. The van der Waals surface area contributed by atoms with Crippen LogP contribution in [0, 0.1) is 5.92 Å². The molecule has 4 aliphatic rings. The van der Waals surface area contributed by atoms with Crippen LogP contribution < -0.4 is 0 Å². The van der Waals surface area contributed by atoms with E-state index in [-0.39, 0.29) is 12.1 Å². The van der Waals surface area contributed by atoms with Crippen molar-refractivity contribution in [3.8, 4) is 0 Å². The van der Waals surface area contributed by atoms with Crippen LogP contribution in [0.4, 0.5) is 4.79 Å². The first-order valence-electron chi connectivity index (χ1n) is 8.65. The van der Waals surface area contributed by atoms with Gasteiger partial charge in [-0.1, -0.05) is 22.0 Å². The Labute approximate surface area is 145 Å². The number of piperidine rings is 3. The summed E-state index contributed by atoms with van der Waals surface area (Å²) in [5.41, 5.74) is 2.53. The number of halogens is 1. The second-order valence-corrected chi connectivity index (χ2v) is 8.06. The monoisotopic (exact) mass is 378 g/mol. The van der Waals surface area contributed by atoms with Gasteiger partial charge in [-0.3, -0.25) is 4.90 Å². The van der Waals surface area contributed by atoms with Crippen molar-refractivity contribution < 1.29 is 9.90 Å². The van der Waals surface area contributed by atoms with E-state index in [0.29, 0.717) is 5.92 Å². The molecule has 5 rings (SSSR count). The molecule has 1 aromatic carbocycles. The smallest absolute Gasteiger partial charge is 0.408 e. The topological polar surface area (TPSA) is 43.8 Å². The average molecular weight is 379 g/mol. The highest BCUT2D eigenvalue weighted by atomic mass is 79.9. The first kappa shape index (κ1) is 15.5. The number of hydrogen-bond donors (Lipinski definition) is 1. The van der Waals surface area contributed by atoms with Crippen LogP contribution in [0.25, 0.3) is 0 Å². The van der Waals surface area contributed by atoms with E-state index in [1.54, 1.807) is 0 Å². The lowest BCUT2D eigenvalue weighted by Crippen LogP contribution is -2.59. The number of hydrogen-bond acceptors (Lipinski definition) is 2. The fourth-order valence-electron chi connectivity index (χ4n) is 4.80. The number of amides is 1. The molecule has 3 fully saturated rings. The maximum atomic E-state index is 12.1. The van der Waals surface area contributed by atoms with Gasteiger partial charge in [0.25, 0.3) is 0 Å². The van der Waals surface area contributed by atoms with Gasteiger partial charge in [-0.05, 0) is 74.4 Å². The Morgan fingerprint density at radius 2 is 2.04 bits per heavy atom. The van der Waals surface area contributed by atoms with Gasteiger partial charge in [-0.2, -0.15) is 0 Å². The Hall–Kier alpha value is -1.07. The van der Waals surface area contributed by atoms with Crippen LogP contribution in [0.5, 0.6) is 0 Å². The minimum Gasteiger partial charge on any atom is -0.465 e. The van der Waals surface area contributed by atoms with Gasteiger partial charge in [0.05, 0.1) is 12.1 Å². The summed E-state index contributed by atoms with van der Waals surface area (Å²) in [4.78, 5) is 16.4. The summed E-state index contributed by atoms with van der Waals surface area (Å²) in [6, 6.07) is 6.52. The first-order valence-corrected chi connectivity index (χ1v) is 9.44. The van der Waals surface area contributed by atoms with Crippen molar-refractivity contribution in [1.29, 1.82) is 0 Å².